The third-order valence-electron chi connectivity index (χ3n) is 0.793. The van der Waals surface area contributed by atoms with Gasteiger partial charge in [-0.3, -0.25) is 0 Å². The zero-order valence-corrected chi connectivity index (χ0v) is 8.10. The highest BCUT2D eigenvalue weighted by Gasteiger charge is 2.05. The van der Waals surface area contributed by atoms with Crippen molar-refractivity contribution in [2.75, 3.05) is 6.23 Å². The summed E-state index contributed by atoms with van der Waals surface area (Å²) >= 11 is 5.66. The summed E-state index contributed by atoms with van der Waals surface area (Å²) in [5.41, 5.74) is 0.423. The number of carbonyl (C=O) groups excluding carboxylic acids is 1. The first-order valence-electron chi connectivity index (χ1n) is 3.00. The number of rotatable bonds is 3. The molecule has 0 bridgehead atoms. The van der Waals surface area contributed by atoms with Gasteiger partial charge in [0, 0.05) is 5.57 Å². The lowest BCUT2D eigenvalue weighted by atomic mass is 10.4. The van der Waals surface area contributed by atoms with E-state index >= 15 is 0 Å². The maximum atomic E-state index is 10.7. The van der Waals surface area contributed by atoms with Crippen LogP contribution >= 0.6 is 11.1 Å². The number of carbonyl (C=O) groups is 1. The standard InChI is InChI=1S/C6H11ClO2Si/c1-5(2)6(8)9-4-10(3)7/h10H,1,4H2,2-3H3. The van der Waals surface area contributed by atoms with Crippen LogP contribution in [0.1, 0.15) is 6.92 Å². The molecule has 0 aliphatic rings. The summed E-state index contributed by atoms with van der Waals surface area (Å²) in [5.74, 6) is -0.347. The van der Waals surface area contributed by atoms with Gasteiger partial charge in [0.2, 0.25) is 0 Å². The smallest absolute Gasteiger partial charge is 0.332 e. The van der Waals surface area contributed by atoms with Gasteiger partial charge in [-0.1, -0.05) is 13.1 Å². The number of ether oxygens (including phenoxy) is 1. The normalized spacial score (nSPS) is 12.3. The zero-order valence-electron chi connectivity index (χ0n) is 6.19. The Bertz CT molecular complexity index is 145. The first-order chi connectivity index (χ1) is 4.54. The molecule has 0 fully saturated rings. The van der Waals surface area contributed by atoms with Gasteiger partial charge in [-0.15, -0.1) is 0 Å². The highest BCUT2D eigenvalue weighted by atomic mass is 35.6. The Kier molecular flexibility index (Phi) is 4.39. The highest BCUT2D eigenvalue weighted by molar-refractivity contribution is 7.06. The van der Waals surface area contributed by atoms with Crippen LogP contribution < -0.4 is 0 Å². The summed E-state index contributed by atoms with van der Waals surface area (Å²) in [6.07, 6.45) is 0.382. The third kappa shape index (κ3) is 4.58. The molecule has 58 valence electrons. The summed E-state index contributed by atoms with van der Waals surface area (Å²) < 4.78 is 4.76. The van der Waals surface area contributed by atoms with Gasteiger partial charge in [0.15, 0.2) is 8.11 Å². The lowest BCUT2D eigenvalue weighted by Gasteiger charge is -2.03. The molecule has 0 saturated carbocycles. The monoisotopic (exact) mass is 178 g/mol. The van der Waals surface area contributed by atoms with E-state index < -0.39 is 8.11 Å². The third-order valence-corrected chi connectivity index (χ3v) is 1.80. The van der Waals surface area contributed by atoms with E-state index in [0.29, 0.717) is 11.8 Å². The summed E-state index contributed by atoms with van der Waals surface area (Å²) in [6, 6.07) is 0. The summed E-state index contributed by atoms with van der Waals surface area (Å²) in [6.45, 7) is 6.94. The van der Waals surface area contributed by atoms with Crippen molar-refractivity contribution in [3.05, 3.63) is 12.2 Å². The minimum absolute atomic E-state index is 0.347. The highest BCUT2D eigenvalue weighted by Crippen LogP contribution is 1.95. The molecule has 0 aliphatic heterocycles. The molecule has 0 heterocycles. The second kappa shape index (κ2) is 4.52. The van der Waals surface area contributed by atoms with E-state index in [4.69, 9.17) is 15.8 Å². The zero-order chi connectivity index (χ0) is 8.15. The van der Waals surface area contributed by atoms with Crippen molar-refractivity contribution < 1.29 is 9.53 Å². The minimum Gasteiger partial charge on any atom is -0.465 e. The van der Waals surface area contributed by atoms with E-state index in [2.05, 4.69) is 6.58 Å². The van der Waals surface area contributed by atoms with Crippen LogP contribution in [0.25, 0.3) is 0 Å². The van der Waals surface area contributed by atoms with Crippen LogP contribution in [0.2, 0.25) is 6.55 Å². The second-order valence-corrected chi connectivity index (χ2v) is 6.29. The van der Waals surface area contributed by atoms with Crippen LogP contribution in [-0.4, -0.2) is 20.3 Å². The lowest BCUT2D eigenvalue weighted by Crippen LogP contribution is -2.14. The molecule has 0 saturated heterocycles. The van der Waals surface area contributed by atoms with Crippen molar-refractivity contribution in [3.63, 3.8) is 0 Å². The van der Waals surface area contributed by atoms with Gasteiger partial charge >= 0.3 is 5.97 Å². The Morgan fingerprint density at radius 1 is 1.80 bits per heavy atom. The Morgan fingerprint density at radius 2 is 2.30 bits per heavy atom. The van der Waals surface area contributed by atoms with Crippen molar-refractivity contribution >= 4 is 25.2 Å². The van der Waals surface area contributed by atoms with Gasteiger partial charge in [0.25, 0.3) is 0 Å². The van der Waals surface area contributed by atoms with Crippen molar-refractivity contribution in [1.29, 1.82) is 0 Å². The molecule has 0 amide bonds. The molecule has 0 aromatic rings. The number of hydrogen-bond acceptors (Lipinski definition) is 2. The maximum Gasteiger partial charge on any atom is 0.332 e. The molecule has 2 nitrogen and oxygen atoms in total. The minimum atomic E-state index is -1.28. The van der Waals surface area contributed by atoms with Gasteiger partial charge in [-0.25, -0.2) is 4.79 Å². The van der Waals surface area contributed by atoms with Crippen LogP contribution in [0, 0.1) is 0 Å². The van der Waals surface area contributed by atoms with Crippen molar-refractivity contribution in [2.45, 2.75) is 13.5 Å². The molecule has 1 unspecified atom stereocenters. The summed E-state index contributed by atoms with van der Waals surface area (Å²) in [4.78, 5) is 10.7. The predicted octanol–water partition coefficient (Wildman–Crippen LogP) is 1.24. The molecule has 4 heteroatoms. The maximum absolute atomic E-state index is 10.7. The van der Waals surface area contributed by atoms with Crippen LogP contribution in [-0.2, 0) is 9.53 Å². The number of halogens is 1. The molecule has 0 aliphatic carbocycles. The van der Waals surface area contributed by atoms with Gasteiger partial charge in [-0.05, 0) is 6.92 Å². The van der Waals surface area contributed by atoms with E-state index in [1.165, 1.54) is 0 Å². The van der Waals surface area contributed by atoms with E-state index in [1.54, 1.807) is 6.92 Å². The fraction of sp³-hybridized carbons (Fsp3) is 0.500. The molecule has 0 rings (SSSR count). The Labute approximate surface area is 67.1 Å². The molecule has 1 atom stereocenters. The summed E-state index contributed by atoms with van der Waals surface area (Å²) in [7, 11) is -1.28. The van der Waals surface area contributed by atoms with Crippen molar-refractivity contribution in [3.8, 4) is 0 Å². The van der Waals surface area contributed by atoms with Crippen LogP contribution in [0.15, 0.2) is 12.2 Å². The van der Waals surface area contributed by atoms with Crippen molar-refractivity contribution in [1.82, 2.24) is 0 Å². The average molecular weight is 179 g/mol. The van der Waals surface area contributed by atoms with E-state index in [1.807, 2.05) is 6.55 Å². The Morgan fingerprint density at radius 3 is 2.60 bits per heavy atom. The average Bonchev–Trinajstić information content (AvgIpc) is 1.82. The fourth-order valence-corrected chi connectivity index (χ4v) is 0.884. The Balaban J connectivity index is 3.50. The van der Waals surface area contributed by atoms with Gasteiger partial charge in [0.05, 0.1) is 6.23 Å². The fourth-order valence-electron chi connectivity index (χ4n) is 0.314. The SMILES string of the molecule is C=C(C)C(=O)OC[SiH](C)Cl. The first-order valence-corrected chi connectivity index (χ1v) is 6.72. The van der Waals surface area contributed by atoms with Crippen LogP contribution in [0.4, 0.5) is 0 Å². The second-order valence-electron chi connectivity index (χ2n) is 2.16. The predicted molar refractivity (Wildman–Crippen MR) is 44.6 cm³/mol. The van der Waals surface area contributed by atoms with Crippen molar-refractivity contribution in [2.24, 2.45) is 0 Å². The topological polar surface area (TPSA) is 26.3 Å². The molecule has 0 spiro atoms. The number of hydrogen-bond donors (Lipinski definition) is 0. The van der Waals surface area contributed by atoms with Crippen LogP contribution in [0.3, 0.4) is 0 Å². The van der Waals surface area contributed by atoms with E-state index in [0.717, 1.165) is 0 Å². The number of esters is 1. The molecule has 0 radical (unpaired) electrons. The summed E-state index contributed by atoms with van der Waals surface area (Å²) in [5, 5.41) is 0. The van der Waals surface area contributed by atoms with Gasteiger partial charge in [-0.2, -0.15) is 11.1 Å². The molecular weight excluding hydrogens is 168 g/mol. The largest absolute Gasteiger partial charge is 0.465 e. The molecular formula is C6H11ClO2Si. The van der Waals surface area contributed by atoms with Gasteiger partial charge < -0.3 is 4.74 Å². The van der Waals surface area contributed by atoms with Gasteiger partial charge in [0.1, 0.15) is 0 Å². The van der Waals surface area contributed by atoms with E-state index in [9.17, 15) is 4.79 Å². The van der Waals surface area contributed by atoms with Crippen LogP contribution in [0.5, 0.6) is 0 Å². The Hall–Kier alpha value is -0.283. The molecule has 0 aromatic heterocycles. The first kappa shape index (κ1) is 9.72. The molecule has 0 aromatic carbocycles. The quantitative estimate of drug-likeness (QED) is 0.281. The molecule has 10 heavy (non-hydrogen) atoms. The lowest BCUT2D eigenvalue weighted by molar-refractivity contribution is -0.137. The molecule has 0 N–H and O–H groups in total. The van der Waals surface area contributed by atoms with E-state index in [-0.39, 0.29) is 5.97 Å².